The standard InChI is InChI=1S/C18H28N4OS/c1-12(17(23)21(2)14-6-4-3-5-7-14)24-18-20-19-16(13-8-9-13)22(18)15-10-11-15/h12-15H,3-11H2,1-2H3. The monoisotopic (exact) mass is 348 g/mol. The van der Waals surface area contributed by atoms with E-state index in [0.29, 0.717) is 18.0 Å². The Labute approximate surface area is 148 Å². The van der Waals surface area contributed by atoms with Gasteiger partial charge in [-0.1, -0.05) is 31.0 Å². The van der Waals surface area contributed by atoms with E-state index >= 15 is 0 Å². The maximum atomic E-state index is 12.8. The van der Waals surface area contributed by atoms with E-state index in [1.807, 2.05) is 18.9 Å². The van der Waals surface area contributed by atoms with E-state index in [1.54, 1.807) is 11.8 Å². The smallest absolute Gasteiger partial charge is 0.235 e. The van der Waals surface area contributed by atoms with Crippen LogP contribution in [0.25, 0.3) is 0 Å². The van der Waals surface area contributed by atoms with Gasteiger partial charge >= 0.3 is 0 Å². The van der Waals surface area contributed by atoms with Gasteiger partial charge in [0.15, 0.2) is 5.16 Å². The Balaban J connectivity index is 1.43. The van der Waals surface area contributed by atoms with E-state index in [4.69, 9.17) is 0 Å². The molecule has 0 spiro atoms. The van der Waals surface area contributed by atoms with E-state index in [1.165, 1.54) is 50.8 Å². The number of hydrogen-bond acceptors (Lipinski definition) is 4. The van der Waals surface area contributed by atoms with Gasteiger partial charge in [0.2, 0.25) is 5.91 Å². The number of carbonyl (C=O) groups excluding carboxylic acids is 1. The molecule has 0 radical (unpaired) electrons. The molecule has 24 heavy (non-hydrogen) atoms. The molecule has 3 aliphatic carbocycles. The fourth-order valence-electron chi connectivity index (χ4n) is 3.81. The minimum Gasteiger partial charge on any atom is -0.342 e. The first-order valence-corrected chi connectivity index (χ1v) is 10.4. The van der Waals surface area contributed by atoms with Gasteiger partial charge in [0.25, 0.3) is 0 Å². The second kappa shape index (κ2) is 6.70. The third-order valence-corrected chi connectivity index (χ3v) is 6.69. The number of thioether (sulfide) groups is 1. The van der Waals surface area contributed by atoms with Crippen LogP contribution >= 0.6 is 11.8 Å². The van der Waals surface area contributed by atoms with Crippen LogP contribution in [0.4, 0.5) is 0 Å². The predicted molar refractivity (Wildman–Crippen MR) is 95.2 cm³/mol. The van der Waals surface area contributed by atoms with Gasteiger partial charge in [0.1, 0.15) is 5.82 Å². The molecule has 4 rings (SSSR count). The molecule has 1 aromatic rings. The highest BCUT2D eigenvalue weighted by molar-refractivity contribution is 8.00. The second-order valence-electron chi connectivity index (χ2n) is 7.72. The fourth-order valence-corrected chi connectivity index (χ4v) is 4.84. The molecule has 132 valence electrons. The molecule has 1 heterocycles. The van der Waals surface area contributed by atoms with Crippen LogP contribution < -0.4 is 0 Å². The van der Waals surface area contributed by atoms with Crippen molar-refractivity contribution >= 4 is 17.7 Å². The molecule has 0 aliphatic heterocycles. The Morgan fingerprint density at radius 3 is 2.46 bits per heavy atom. The quantitative estimate of drug-likeness (QED) is 0.735. The van der Waals surface area contributed by atoms with Crippen LogP contribution in [0.5, 0.6) is 0 Å². The van der Waals surface area contributed by atoms with Gasteiger partial charge in [-0.25, -0.2) is 0 Å². The predicted octanol–water partition coefficient (Wildman–Crippen LogP) is 3.76. The molecule has 0 N–H and O–H groups in total. The van der Waals surface area contributed by atoms with Crippen LogP contribution in [0.15, 0.2) is 5.16 Å². The van der Waals surface area contributed by atoms with Crippen molar-refractivity contribution < 1.29 is 4.79 Å². The summed E-state index contributed by atoms with van der Waals surface area (Å²) in [6.45, 7) is 2.02. The molecule has 1 amide bonds. The van der Waals surface area contributed by atoms with Crippen LogP contribution in [0.1, 0.15) is 82.5 Å². The van der Waals surface area contributed by atoms with Gasteiger partial charge in [-0.05, 0) is 45.4 Å². The van der Waals surface area contributed by atoms with E-state index in [0.717, 1.165) is 18.0 Å². The Kier molecular flexibility index (Phi) is 4.58. The SMILES string of the molecule is CC(Sc1nnc(C2CC2)n1C1CC1)C(=O)N(C)C1CCCCC1. The minimum absolute atomic E-state index is 0.0920. The molecule has 3 fully saturated rings. The summed E-state index contributed by atoms with van der Waals surface area (Å²) < 4.78 is 2.34. The molecule has 5 nitrogen and oxygen atoms in total. The number of aromatic nitrogens is 3. The van der Waals surface area contributed by atoms with Crippen molar-refractivity contribution in [2.45, 2.75) is 93.1 Å². The summed E-state index contributed by atoms with van der Waals surface area (Å²) in [7, 11) is 1.98. The summed E-state index contributed by atoms with van der Waals surface area (Å²) in [4.78, 5) is 14.8. The minimum atomic E-state index is -0.0920. The lowest BCUT2D eigenvalue weighted by Crippen LogP contribution is -2.42. The van der Waals surface area contributed by atoms with Gasteiger partial charge < -0.3 is 9.47 Å². The molecular weight excluding hydrogens is 320 g/mol. The molecule has 1 atom stereocenters. The van der Waals surface area contributed by atoms with Crippen LogP contribution in [-0.2, 0) is 4.79 Å². The first kappa shape index (κ1) is 16.4. The first-order valence-electron chi connectivity index (χ1n) is 9.53. The van der Waals surface area contributed by atoms with Gasteiger partial charge in [0.05, 0.1) is 5.25 Å². The maximum absolute atomic E-state index is 12.8. The lowest BCUT2D eigenvalue weighted by molar-refractivity contribution is -0.131. The number of amides is 1. The van der Waals surface area contributed by atoms with Gasteiger partial charge in [0, 0.05) is 25.0 Å². The molecule has 0 aromatic carbocycles. The maximum Gasteiger partial charge on any atom is 0.235 e. The topological polar surface area (TPSA) is 51.0 Å². The van der Waals surface area contributed by atoms with Crippen molar-refractivity contribution in [3.63, 3.8) is 0 Å². The fraction of sp³-hybridized carbons (Fsp3) is 0.833. The third-order valence-electron chi connectivity index (χ3n) is 5.65. The van der Waals surface area contributed by atoms with Crippen molar-refractivity contribution in [2.24, 2.45) is 0 Å². The van der Waals surface area contributed by atoms with Crippen molar-refractivity contribution in [3.05, 3.63) is 5.82 Å². The van der Waals surface area contributed by atoms with Crippen LogP contribution in [0.2, 0.25) is 0 Å². The van der Waals surface area contributed by atoms with Crippen molar-refractivity contribution in [2.75, 3.05) is 7.05 Å². The number of nitrogens with zero attached hydrogens (tertiary/aromatic N) is 4. The summed E-state index contributed by atoms with van der Waals surface area (Å²) in [5.74, 6) is 2.02. The van der Waals surface area contributed by atoms with Crippen LogP contribution in [0, 0.1) is 0 Å². The Bertz CT molecular complexity index is 602. The molecule has 0 bridgehead atoms. The zero-order valence-corrected chi connectivity index (χ0v) is 15.6. The van der Waals surface area contributed by atoms with Crippen molar-refractivity contribution in [3.8, 4) is 0 Å². The normalized spacial score (nSPS) is 23.2. The number of hydrogen-bond donors (Lipinski definition) is 0. The summed E-state index contributed by atoms with van der Waals surface area (Å²) in [6.07, 6.45) is 11.1. The molecule has 0 saturated heterocycles. The number of rotatable bonds is 6. The summed E-state index contributed by atoms with van der Waals surface area (Å²) in [5.41, 5.74) is 0. The number of carbonyl (C=O) groups is 1. The van der Waals surface area contributed by atoms with E-state index in [9.17, 15) is 4.79 Å². The largest absolute Gasteiger partial charge is 0.342 e. The molecule has 1 aromatic heterocycles. The van der Waals surface area contributed by atoms with Gasteiger partial charge in [-0.15, -0.1) is 10.2 Å². The lowest BCUT2D eigenvalue weighted by atomic mass is 9.94. The highest BCUT2D eigenvalue weighted by Crippen LogP contribution is 2.46. The van der Waals surface area contributed by atoms with Crippen LogP contribution in [0.3, 0.4) is 0 Å². The molecule has 1 unspecified atom stereocenters. The molecule has 3 aliphatic rings. The summed E-state index contributed by atoms with van der Waals surface area (Å²) >= 11 is 1.60. The molecular formula is C18H28N4OS. The highest BCUT2D eigenvalue weighted by Gasteiger charge is 2.37. The Morgan fingerprint density at radius 2 is 1.83 bits per heavy atom. The van der Waals surface area contributed by atoms with E-state index in [-0.39, 0.29) is 11.2 Å². The zero-order valence-electron chi connectivity index (χ0n) is 14.8. The Morgan fingerprint density at radius 1 is 1.12 bits per heavy atom. The molecule has 3 saturated carbocycles. The average molecular weight is 349 g/mol. The van der Waals surface area contributed by atoms with Crippen LogP contribution in [-0.4, -0.2) is 43.9 Å². The van der Waals surface area contributed by atoms with Crippen molar-refractivity contribution in [1.29, 1.82) is 0 Å². The zero-order chi connectivity index (χ0) is 16.7. The van der Waals surface area contributed by atoms with E-state index < -0.39 is 0 Å². The van der Waals surface area contributed by atoms with Crippen molar-refractivity contribution in [1.82, 2.24) is 19.7 Å². The second-order valence-corrected chi connectivity index (χ2v) is 9.03. The highest BCUT2D eigenvalue weighted by atomic mass is 32.2. The van der Waals surface area contributed by atoms with Gasteiger partial charge in [-0.2, -0.15) is 0 Å². The summed E-state index contributed by atoms with van der Waals surface area (Å²) in [5, 5.41) is 9.76. The van der Waals surface area contributed by atoms with Gasteiger partial charge in [-0.3, -0.25) is 4.79 Å². The molecule has 6 heteroatoms. The average Bonchev–Trinajstić information content (AvgIpc) is 3.53. The van der Waals surface area contributed by atoms with E-state index in [2.05, 4.69) is 14.8 Å². The third kappa shape index (κ3) is 3.35. The lowest BCUT2D eigenvalue weighted by Gasteiger charge is -2.32. The Hall–Kier alpha value is -1.04. The summed E-state index contributed by atoms with van der Waals surface area (Å²) in [6, 6.07) is 1.01. The first-order chi connectivity index (χ1) is 11.6.